The zero-order valence-corrected chi connectivity index (χ0v) is 16.1. The minimum Gasteiger partial charge on any atom is -0.495 e. The third kappa shape index (κ3) is 3.73. The highest BCUT2D eigenvalue weighted by molar-refractivity contribution is 6.32. The number of anilines is 2. The van der Waals surface area contributed by atoms with Crippen LogP contribution in [0.25, 0.3) is 0 Å². The van der Waals surface area contributed by atoms with Crippen LogP contribution in [0.4, 0.5) is 11.4 Å². The van der Waals surface area contributed by atoms with E-state index in [4.69, 9.17) is 26.3 Å². The summed E-state index contributed by atoms with van der Waals surface area (Å²) in [6.45, 7) is 0. The molecular weight excluding hydrogens is 382 g/mol. The lowest BCUT2D eigenvalue weighted by Crippen LogP contribution is -2.35. The molecule has 2 amide bonds. The number of nitriles is 1. The SMILES string of the molecule is COc1cc(NC(=O)C2(C(=O)Nc3cccc(C#N)c3)CC2)c(OC)cc1Cl. The molecule has 8 heteroatoms. The van der Waals surface area contributed by atoms with Crippen molar-refractivity contribution in [2.75, 3.05) is 24.9 Å². The molecule has 0 radical (unpaired) electrons. The van der Waals surface area contributed by atoms with Crippen molar-refractivity contribution in [2.45, 2.75) is 12.8 Å². The van der Waals surface area contributed by atoms with Crippen molar-refractivity contribution in [3.05, 3.63) is 47.0 Å². The molecule has 0 atom stereocenters. The molecule has 0 bridgehead atoms. The van der Waals surface area contributed by atoms with Crippen molar-refractivity contribution in [3.8, 4) is 17.6 Å². The number of nitrogens with zero attached hydrogens (tertiary/aromatic N) is 1. The molecular formula is C20H18ClN3O4. The fourth-order valence-electron chi connectivity index (χ4n) is 2.80. The van der Waals surface area contributed by atoms with Gasteiger partial charge in [-0.15, -0.1) is 0 Å². The first kappa shape index (κ1) is 19.5. The van der Waals surface area contributed by atoms with Gasteiger partial charge in [-0.25, -0.2) is 0 Å². The van der Waals surface area contributed by atoms with Gasteiger partial charge in [-0.1, -0.05) is 17.7 Å². The number of amides is 2. The molecule has 1 saturated carbocycles. The lowest BCUT2D eigenvalue weighted by molar-refractivity contribution is -0.131. The highest BCUT2D eigenvalue weighted by atomic mass is 35.5. The molecule has 0 unspecified atom stereocenters. The minimum absolute atomic E-state index is 0.341. The Morgan fingerprint density at radius 2 is 1.75 bits per heavy atom. The number of methoxy groups -OCH3 is 2. The second-order valence-corrected chi connectivity index (χ2v) is 6.78. The van der Waals surface area contributed by atoms with Crippen LogP contribution in [0.5, 0.6) is 11.5 Å². The Hall–Kier alpha value is -3.24. The largest absolute Gasteiger partial charge is 0.495 e. The quantitative estimate of drug-likeness (QED) is 0.723. The highest BCUT2D eigenvalue weighted by Gasteiger charge is 2.56. The Labute approximate surface area is 167 Å². The zero-order chi connectivity index (χ0) is 20.3. The number of ether oxygens (including phenoxy) is 2. The topological polar surface area (TPSA) is 100 Å². The van der Waals surface area contributed by atoms with Crippen LogP contribution in [-0.4, -0.2) is 26.0 Å². The van der Waals surface area contributed by atoms with Crippen molar-refractivity contribution in [1.82, 2.24) is 0 Å². The van der Waals surface area contributed by atoms with E-state index >= 15 is 0 Å². The molecule has 0 saturated heterocycles. The van der Waals surface area contributed by atoms with Crippen molar-refractivity contribution < 1.29 is 19.1 Å². The summed E-state index contributed by atoms with van der Waals surface area (Å²) < 4.78 is 10.4. The standard InChI is InChI=1S/C20H18ClN3O4/c1-27-16-10-15(17(28-2)9-14(16)21)24-19(26)20(6-7-20)18(25)23-13-5-3-4-12(8-13)11-22/h3-5,8-10H,6-7H2,1-2H3,(H,23,25)(H,24,26). The van der Waals surface area contributed by atoms with E-state index in [1.807, 2.05) is 6.07 Å². The van der Waals surface area contributed by atoms with Gasteiger partial charge in [-0.2, -0.15) is 5.26 Å². The van der Waals surface area contributed by atoms with Gasteiger partial charge in [-0.3, -0.25) is 9.59 Å². The van der Waals surface area contributed by atoms with Crippen LogP contribution in [0, 0.1) is 16.7 Å². The van der Waals surface area contributed by atoms with Gasteiger partial charge in [0, 0.05) is 17.8 Å². The van der Waals surface area contributed by atoms with E-state index in [0.29, 0.717) is 46.3 Å². The maximum atomic E-state index is 12.9. The lowest BCUT2D eigenvalue weighted by Gasteiger charge is -2.18. The van der Waals surface area contributed by atoms with E-state index in [1.165, 1.54) is 20.3 Å². The number of nitrogens with one attached hydrogen (secondary N) is 2. The third-order valence-electron chi connectivity index (χ3n) is 4.59. The van der Waals surface area contributed by atoms with E-state index in [1.54, 1.807) is 30.3 Å². The second kappa shape index (κ2) is 7.79. The first-order valence-electron chi connectivity index (χ1n) is 8.48. The Morgan fingerprint density at radius 3 is 2.36 bits per heavy atom. The van der Waals surface area contributed by atoms with Gasteiger partial charge in [0.1, 0.15) is 16.9 Å². The van der Waals surface area contributed by atoms with Crippen LogP contribution < -0.4 is 20.1 Å². The summed E-state index contributed by atoms with van der Waals surface area (Å²) in [7, 11) is 2.92. The lowest BCUT2D eigenvalue weighted by atomic mass is 10.0. The molecule has 28 heavy (non-hydrogen) atoms. The zero-order valence-electron chi connectivity index (χ0n) is 15.3. The summed E-state index contributed by atoms with van der Waals surface area (Å²) in [4.78, 5) is 25.6. The van der Waals surface area contributed by atoms with E-state index < -0.39 is 17.2 Å². The van der Waals surface area contributed by atoms with Gasteiger partial charge in [0.15, 0.2) is 0 Å². The van der Waals surface area contributed by atoms with Crippen molar-refractivity contribution in [3.63, 3.8) is 0 Å². The molecule has 1 aliphatic rings. The summed E-state index contributed by atoms with van der Waals surface area (Å²) in [5.41, 5.74) is 0.0823. The summed E-state index contributed by atoms with van der Waals surface area (Å²) in [5.74, 6) is -0.124. The van der Waals surface area contributed by atoms with Gasteiger partial charge in [-0.05, 0) is 31.0 Å². The predicted molar refractivity (Wildman–Crippen MR) is 105 cm³/mol. The third-order valence-corrected chi connectivity index (χ3v) is 4.89. The Bertz CT molecular complexity index is 980. The van der Waals surface area contributed by atoms with Gasteiger partial charge >= 0.3 is 0 Å². The molecule has 2 aromatic carbocycles. The van der Waals surface area contributed by atoms with Crippen LogP contribution in [0.15, 0.2) is 36.4 Å². The first-order valence-corrected chi connectivity index (χ1v) is 8.86. The van der Waals surface area contributed by atoms with Crippen LogP contribution in [-0.2, 0) is 9.59 Å². The van der Waals surface area contributed by atoms with Crippen LogP contribution >= 0.6 is 11.6 Å². The number of hydrogen-bond acceptors (Lipinski definition) is 5. The van der Waals surface area contributed by atoms with E-state index in [9.17, 15) is 9.59 Å². The molecule has 0 spiro atoms. The van der Waals surface area contributed by atoms with E-state index in [-0.39, 0.29) is 0 Å². The molecule has 2 N–H and O–H groups in total. The molecule has 0 heterocycles. The summed E-state index contributed by atoms with van der Waals surface area (Å²) in [5, 5.41) is 14.8. The molecule has 0 aromatic heterocycles. The molecule has 7 nitrogen and oxygen atoms in total. The van der Waals surface area contributed by atoms with Gasteiger partial charge in [0.25, 0.3) is 0 Å². The fraction of sp³-hybridized carbons (Fsp3) is 0.250. The average Bonchev–Trinajstić information content (AvgIpc) is 3.51. The molecule has 3 rings (SSSR count). The Morgan fingerprint density at radius 1 is 1.07 bits per heavy atom. The van der Waals surface area contributed by atoms with Crippen LogP contribution in [0.1, 0.15) is 18.4 Å². The average molecular weight is 400 g/mol. The maximum absolute atomic E-state index is 12.9. The Kier molecular flexibility index (Phi) is 5.43. The smallest absolute Gasteiger partial charge is 0.240 e. The van der Waals surface area contributed by atoms with Gasteiger partial charge in [0.2, 0.25) is 11.8 Å². The van der Waals surface area contributed by atoms with Crippen molar-refractivity contribution >= 4 is 34.8 Å². The second-order valence-electron chi connectivity index (χ2n) is 6.37. The molecule has 2 aromatic rings. The first-order chi connectivity index (χ1) is 13.4. The minimum atomic E-state index is -1.17. The monoisotopic (exact) mass is 399 g/mol. The van der Waals surface area contributed by atoms with Crippen molar-refractivity contribution in [1.29, 1.82) is 5.26 Å². The molecule has 1 fully saturated rings. The van der Waals surface area contributed by atoms with E-state index in [2.05, 4.69) is 10.6 Å². The number of halogens is 1. The normalized spacial score (nSPS) is 13.8. The number of benzene rings is 2. The summed E-state index contributed by atoms with van der Waals surface area (Å²) in [6.07, 6.45) is 0.852. The number of rotatable bonds is 6. The van der Waals surface area contributed by atoms with Gasteiger partial charge in [0.05, 0.1) is 36.6 Å². The predicted octanol–water partition coefficient (Wildman–Crippen LogP) is 3.59. The Balaban J connectivity index is 1.79. The fourth-order valence-corrected chi connectivity index (χ4v) is 3.03. The summed E-state index contributed by atoms with van der Waals surface area (Å²) >= 11 is 6.08. The maximum Gasteiger partial charge on any atom is 0.240 e. The molecule has 1 aliphatic carbocycles. The summed E-state index contributed by atoms with van der Waals surface area (Å²) in [6, 6.07) is 11.6. The van der Waals surface area contributed by atoms with E-state index in [0.717, 1.165) is 0 Å². The van der Waals surface area contributed by atoms with Crippen LogP contribution in [0.3, 0.4) is 0 Å². The van der Waals surface area contributed by atoms with Crippen molar-refractivity contribution in [2.24, 2.45) is 5.41 Å². The van der Waals surface area contributed by atoms with Crippen LogP contribution in [0.2, 0.25) is 5.02 Å². The number of carbonyl (C=O) groups excluding carboxylic acids is 2. The number of hydrogen-bond donors (Lipinski definition) is 2. The molecule has 144 valence electrons. The van der Waals surface area contributed by atoms with Gasteiger partial charge < -0.3 is 20.1 Å². The highest BCUT2D eigenvalue weighted by Crippen LogP contribution is 2.48. The number of carbonyl (C=O) groups is 2. The molecule has 0 aliphatic heterocycles.